The van der Waals surface area contributed by atoms with E-state index in [1.807, 2.05) is 0 Å². The molecule has 0 saturated carbocycles. The van der Waals surface area contributed by atoms with E-state index in [2.05, 4.69) is 25.9 Å². The number of nitrogens with zero attached hydrogens (tertiary/aromatic N) is 1. The molecule has 14 heteroatoms. The van der Waals surface area contributed by atoms with E-state index in [-0.39, 0.29) is 31.4 Å². The third-order valence-corrected chi connectivity index (χ3v) is 5.89. The highest BCUT2D eigenvalue weighted by Gasteiger charge is 2.32. The van der Waals surface area contributed by atoms with E-state index in [4.69, 9.17) is 11.5 Å². The van der Waals surface area contributed by atoms with Crippen LogP contribution in [0.4, 0.5) is 0 Å². The molecule has 4 amide bonds. The number of aromatic amines is 1. The number of hydrogen-bond donors (Lipinski definition) is 8. The topological polar surface area (TPSA) is 243 Å². The van der Waals surface area contributed by atoms with Gasteiger partial charge in [-0.3, -0.25) is 19.2 Å². The van der Waals surface area contributed by atoms with Crippen molar-refractivity contribution in [1.29, 1.82) is 0 Å². The summed E-state index contributed by atoms with van der Waals surface area (Å²) in [6.45, 7) is 3.26. The first-order chi connectivity index (χ1) is 18.4. The van der Waals surface area contributed by atoms with Crippen molar-refractivity contribution in [1.82, 2.24) is 25.9 Å². The number of H-pyrrole nitrogens is 1. The molecule has 1 heterocycles. The summed E-state index contributed by atoms with van der Waals surface area (Å²) < 4.78 is 0. The predicted molar refractivity (Wildman–Crippen MR) is 139 cm³/mol. The van der Waals surface area contributed by atoms with Crippen LogP contribution in [0.3, 0.4) is 0 Å². The summed E-state index contributed by atoms with van der Waals surface area (Å²) in [5, 5.41) is 26.7. The minimum Gasteiger partial charge on any atom is -0.508 e. The SMILES string of the molecule is CC(C)[C@H](NC(=O)[C@H](Cc1ccc(O)cc1)NC(=O)[C@H](Cc1cnc[nH]1)NC(=O)[C@@H](N)CCC(N)=O)C(=O)O. The van der Waals surface area contributed by atoms with Gasteiger partial charge in [0.2, 0.25) is 23.6 Å². The zero-order chi connectivity index (χ0) is 29.1. The molecule has 0 unspecified atom stereocenters. The number of rotatable bonds is 15. The molecule has 0 bridgehead atoms. The fraction of sp³-hybridized carbons (Fsp3) is 0.440. The molecule has 0 saturated heterocycles. The molecule has 0 aliphatic rings. The fourth-order valence-electron chi connectivity index (χ4n) is 3.65. The second-order valence-corrected chi connectivity index (χ2v) is 9.45. The van der Waals surface area contributed by atoms with E-state index in [0.717, 1.165) is 0 Å². The summed E-state index contributed by atoms with van der Waals surface area (Å²) in [7, 11) is 0. The van der Waals surface area contributed by atoms with E-state index >= 15 is 0 Å². The molecule has 0 aliphatic carbocycles. The van der Waals surface area contributed by atoms with Gasteiger partial charge < -0.3 is 42.6 Å². The number of nitrogens with two attached hydrogens (primary N) is 2. The molecule has 2 aromatic rings. The maximum Gasteiger partial charge on any atom is 0.326 e. The van der Waals surface area contributed by atoms with Crippen LogP contribution in [0.5, 0.6) is 5.75 Å². The van der Waals surface area contributed by atoms with Gasteiger partial charge >= 0.3 is 5.97 Å². The fourth-order valence-corrected chi connectivity index (χ4v) is 3.65. The molecule has 212 valence electrons. The molecule has 1 aromatic carbocycles. The Morgan fingerprint density at radius 1 is 0.949 bits per heavy atom. The number of carboxylic acid groups (broad SMARTS) is 1. The molecule has 14 nitrogen and oxygen atoms in total. The highest BCUT2D eigenvalue weighted by atomic mass is 16.4. The van der Waals surface area contributed by atoms with E-state index in [1.165, 1.54) is 24.7 Å². The first-order valence-corrected chi connectivity index (χ1v) is 12.3. The maximum atomic E-state index is 13.4. The molecule has 4 atom stereocenters. The Kier molecular flexibility index (Phi) is 11.4. The van der Waals surface area contributed by atoms with Gasteiger partial charge in [-0.15, -0.1) is 0 Å². The molecular weight excluding hydrogens is 510 g/mol. The maximum absolute atomic E-state index is 13.4. The van der Waals surface area contributed by atoms with Gasteiger partial charge in [-0.2, -0.15) is 0 Å². The van der Waals surface area contributed by atoms with Crippen LogP contribution in [0.2, 0.25) is 0 Å². The van der Waals surface area contributed by atoms with Crippen molar-refractivity contribution in [3.63, 3.8) is 0 Å². The normalized spacial score (nSPS) is 14.1. The van der Waals surface area contributed by atoms with E-state index in [1.54, 1.807) is 26.0 Å². The van der Waals surface area contributed by atoms with Gasteiger partial charge in [0.1, 0.15) is 23.9 Å². The third kappa shape index (κ3) is 10.1. The number of carbonyl (C=O) groups is 5. The van der Waals surface area contributed by atoms with Crippen LogP contribution in [-0.2, 0) is 36.8 Å². The number of aromatic nitrogens is 2. The van der Waals surface area contributed by atoms with Gasteiger partial charge in [-0.1, -0.05) is 26.0 Å². The Labute approximate surface area is 224 Å². The largest absolute Gasteiger partial charge is 0.508 e. The van der Waals surface area contributed by atoms with E-state index in [9.17, 15) is 34.2 Å². The average molecular weight is 546 g/mol. The lowest BCUT2D eigenvalue weighted by atomic mass is 10.0. The summed E-state index contributed by atoms with van der Waals surface area (Å²) >= 11 is 0. The highest BCUT2D eigenvalue weighted by molar-refractivity contribution is 5.94. The van der Waals surface area contributed by atoms with Crippen molar-refractivity contribution in [2.75, 3.05) is 0 Å². The number of nitrogens with one attached hydrogen (secondary N) is 4. The summed E-state index contributed by atoms with van der Waals surface area (Å²) in [4.78, 5) is 68.7. The number of imidazole rings is 1. The molecule has 1 aromatic heterocycles. The first-order valence-electron chi connectivity index (χ1n) is 12.3. The van der Waals surface area contributed by atoms with Gasteiger partial charge in [0.25, 0.3) is 0 Å². The molecule has 0 aliphatic heterocycles. The van der Waals surface area contributed by atoms with Crippen LogP contribution in [0.1, 0.15) is 37.9 Å². The quantitative estimate of drug-likeness (QED) is 0.132. The number of benzene rings is 1. The Hall–Kier alpha value is -4.46. The monoisotopic (exact) mass is 545 g/mol. The van der Waals surface area contributed by atoms with Crippen molar-refractivity contribution in [3.8, 4) is 5.75 Å². The second-order valence-electron chi connectivity index (χ2n) is 9.45. The number of aromatic hydroxyl groups is 1. The lowest BCUT2D eigenvalue weighted by Crippen LogP contribution is -2.58. The minimum atomic E-state index is -1.23. The molecule has 0 fully saturated rings. The van der Waals surface area contributed by atoms with Crippen molar-refractivity contribution < 1.29 is 34.2 Å². The number of hydrogen-bond acceptors (Lipinski definition) is 8. The van der Waals surface area contributed by atoms with E-state index < -0.39 is 59.7 Å². The Morgan fingerprint density at radius 2 is 1.54 bits per heavy atom. The van der Waals surface area contributed by atoms with Crippen LogP contribution in [0.25, 0.3) is 0 Å². The second kappa shape index (κ2) is 14.5. The summed E-state index contributed by atoms with van der Waals surface area (Å²) in [6.07, 6.45) is 2.63. The van der Waals surface area contributed by atoms with Crippen LogP contribution < -0.4 is 27.4 Å². The number of amides is 4. The van der Waals surface area contributed by atoms with Crippen molar-refractivity contribution in [2.24, 2.45) is 17.4 Å². The minimum absolute atomic E-state index is 0.00421. The molecule has 39 heavy (non-hydrogen) atoms. The Morgan fingerprint density at radius 3 is 2.08 bits per heavy atom. The van der Waals surface area contributed by atoms with Crippen molar-refractivity contribution in [2.45, 2.75) is 63.7 Å². The van der Waals surface area contributed by atoms with Crippen molar-refractivity contribution >= 4 is 29.6 Å². The average Bonchev–Trinajstić information content (AvgIpc) is 3.38. The molecule has 0 spiro atoms. The number of phenolic OH excluding ortho intramolecular Hbond substituents is 1. The number of phenols is 1. The van der Waals surface area contributed by atoms with Crippen LogP contribution in [-0.4, -0.2) is 73.9 Å². The van der Waals surface area contributed by atoms with Gasteiger partial charge in [-0.05, 0) is 30.0 Å². The molecular formula is C25H35N7O7. The lowest BCUT2D eigenvalue weighted by Gasteiger charge is -2.26. The zero-order valence-electron chi connectivity index (χ0n) is 21.7. The molecule has 10 N–H and O–H groups in total. The van der Waals surface area contributed by atoms with Crippen LogP contribution in [0.15, 0.2) is 36.8 Å². The summed E-state index contributed by atoms with van der Waals surface area (Å²) in [6, 6.07) is 1.18. The smallest absolute Gasteiger partial charge is 0.326 e. The predicted octanol–water partition coefficient (Wildman–Crippen LogP) is -1.31. The molecule has 2 rings (SSSR count). The Balaban J connectivity index is 2.28. The van der Waals surface area contributed by atoms with Gasteiger partial charge in [0.15, 0.2) is 0 Å². The zero-order valence-corrected chi connectivity index (χ0v) is 21.7. The number of primary amides is 1. The van der Waals surface area contributed by atoms with Crippen LogP contribution >= 0.6 is 0 Å². The number of aliphatic carboxylic acids is 1. The lowest BCUT2D eigenvalue weighted by molar-refractivity contribution is -0.143. The number of carbonyl (C=O) groups excluding carboxylic acids is 4. The first kappa shape index (κ1) is 30.8. The summed E-state index contributed by atoms with van der Waals surface area (Å²) in [5.41, 5.74) is 12.1. The highest BCUT2D eigenvalue weighted by Crippen LogP contribution is 2.13. The van der Waals surface area contributed by atoms with E-state index in [0.29, 0.717) is 11.3 Å². The van der Waals surface area contributed by atoms with Gasteiger partial charge in [0.05, 0.1) is 12.4 Å². The third-order valence-electron chi connectivity index (χ3n) is 5.89. The van der Waals surface area contributed by atoms with Crippen molar-refractivity contribution in [3.05, 3.63) is 48.0 Å². The van der Waals surface area contributed by atoms with Crippen LogP contribution in [0, 0.1) is 5.92 Å². The summed E-state index contributed by atoms with van der Waals surface area (Å²) in [5.74, 6) is -4.49. The standard InChI is InChI=1S/C25H35N7O7/c1-13(2)21(25(38)39)32-24(37)18(9-14-3-5-16(33)6-4-14)31-23(36)19(10-15-11-28-12-29-15)30-22(35)17(26)7-8-20(27)34/h3-6,11-13,17-19,21,33H,7-10,26H2,1-2H3,(H2,27,34)(H,28,29)(H,30,35)(H,31,36)(H,32,37)(H,38,39)/t17-,18-,19-,21-/m0/s1. The van der Waals surface area contributed by atoms with Gasteiger partial charge in [0, 0.05) is 31.2 Å². The molecule has 0 radical (unpaired) electrons. The van der Waals surface area contributed by atoms with Gasteiger partial charge in [-0.25, -0.2) is 9.78 Å². The number of carboxylic acids is 1. The Bertz CT molecular complexity index is 1140.